The van der Waals surface area contributed by atoms with Crippen molar-refractivity contribution in [2.45, 2.75) is 19.3 Å². The van der Waals surface area contributed by atoms with Crippen LogP contribution in [0.5, 0.6) is 0 Å². The zero-order valence-electron chi connectivity index (χ0n) is 16.5. The number of aromatic nitrogens is 3. The minimum Gasteiger partial charge on any atom is -0.337 e. The van der Waals surface area contributed by atoms with Gasteiger partial charge in [0.1, 0.15) is 10.7 Å². The van der Waals surface area contributed by atoms with Crippen molar-refractivity contribution in [1.29, 1.82) is 0 Å². The van der Waals surface area contributed by atoms with Gasteiger partial charge in [-0.2, -0.15) is 5.10 Å². The fourth-order valence-corrected chi connectivity index (χ4v) is 4.36. The number of hydrogen-bond acceptors (Lipinski definition) is 5. The number of benzene rings is 1. The number of amides is 1. The molecule has 1 aromatic carbocycles. The molecule has 154 valence electrons. The van der Waals surface area contributed by atoms with Crippen LogP contribution >= 0.6 is 23.7 Å². The van der Waals surface area contributed by atoms with Gasteiger partial charge in [0, 0.05) is 30.2 Å². The summed E-state index contributed by atoms with van der Waals surface area (Å²) in [6, 6.07) is 9.97. The van der Waals surface area contributed by atoms with Gasteiger partial charge in [-0.1, -0.05) is 18.2 Å². The highest BCUT2D eigenvalue weighted by Gasteiger charge is 2.25. The monoisotopic (exact) mass is 431 g/mol. The third kappa shape index (κ3) is 5.04. The first kappa shape index (κ1) is 21.5. The fraction of sp³-hybridized carbons (Fsp3) is 0.381. The number of thiazole rings is 1. The molecule has 0 unspecified atom stereocenters. The third-order valence-electron chi connectivity index (χ3n) is 5.28. The molecule has 3 aromatic rings. The van der Waals surface area contributed by atoms with Crippen molar-refractivity contribution in [3.05, 3.63) is 53.8 Å². The van der Waals surface area contributed by atoms with Gasteiger partial charge in [0.05, 0.1) is 11.9 Å². The smallest absolute Gasteiger partial charge is 0.273 e. The summed E-state index contributed by atoms with van der Waals surface area (Å²) in [5.74, 6) is 0.760. The number of rotatable bonds is 6. The molecule has 0 saturated carbocycles. The average molecular weight is 432 g/mol. The van der Waals surface area contributed by atoms with Crippen LogP contribution in [0.3, 0.4) is 0 Å². The first-order valence-corrected chi connectivity index (χ1v) is 10.6. The van der Waals surface area contributed by atoms with E-state index < -0.39 is 0 Å². The lowest BCUT2D eigenvalue weighted by Crippen LogP contribution is -2.39. The molecule has 8 heteroatoms. The highest BCUT2D eigenvalue weighted by atomic mass is 35.5. The van der Waals surface area contributed by atoms with Crippen LogP contribution in [0.25, 0.3) is 16.3 Å². The maximum atomic E-state index is 12.8. The van der Waals surface area contributed by atoms with Crippen LogP contribution in [0.4, 0.5) is 0 Å². The second kappa shape index (κ2) is 10.0. The Hall–Kier alpha value is -2.22. The first-order valence-electron chi connectivity index (χ1n) is 9.74. The number of carbonyl (C=O) groups excluding carboxylic acids is 1. The Balaban J connectivity index is 0.00000240. The Kier molecular flexibility index (Phi) is 7.41. The van der Waals surface area contributed by atoms with E-state index >= 15 is 0 Å². The van der Waals surface area contributed by atoms with E-state index in [9.17, 15) is 4.79 Å². The highest BCUT2D eigenvalue weighted by Crippen LogP contribution is 2.26. The average Bonchev–Trinajstić information content (AvgIpc) is 3.42. The molecule has 0 radical (unpaired) electrons. The van der Waals surface area contributed by atoms with Gasteiger partial charge in [-0.25, -0.2) is 9.67 Å². The molecule has 0 spiro atoms. The van der Waals surface area contributed by atoms with Gasteiger partial charge < -0.3 is 10.2 Å². The number of para-hydroxylation sites is 1. The maximum Gasteiger partial charge on any atom is 0.273 e. The molecule has 0 atom stereocenters. The lowest BCUT2D eigenvalue weighted by molar-refractivity contribution is 0.0682. The summed E-state index contributed by atoms with van der Waals surface area (Å²) in [5.41, 5.74) is 2.47. The number of likely N-dealkylation sites (tertiary alicyclic amines) is 1. The Morgan fingerprint density at radius 3 is 2.72 bits per heavy atom. The molecule has 1 aliphatic heterocycles. The van der Waals surface area contributed by atoms with Crippen LogP contribution in [0, 0.1) is 5.92 Å². The molecule has 1 N–H and O–H groups in total. The van der Waals surface area contributed by atoms with E-state index in [0.29, 0.717) is 11.6 Å². The molecular formula is C21H26ClN5OS. The van der Waals surface area contributed by atoms with Crippen molar-refractivity contribution in [3.8, 4) is 16.3 Å². The first-order chi connectivity index (χ1) is 13.7. The van der Waals surface area contributed by atoms with Gasteiger partial charge in [-0.15, -0.1) is 23.7 Å². The predicted molar refractivity (Wildman–Crippen MR) is 119 cm³/mol. The van der Waals surface area contributed by atoms with Crippen LogP contribution in [-0.2, 0) is 0 Å². The minimum absolute atomic E-state index is 0. The van der Waals surface area contributed by atoms with Gasteiger partial charge in [-0.05, 0) is 50.9 Å². The molecular weight excluding hydrogens is 406 g/mol. The predicted octanol–water partition coefficient (Wildman–Crippen LogP) is 3.88. The van der Waals surface area contributed by atoms with Crippen molar-refractivity contribution in [2.75, 3.05) is 26.7 Å². The molecule has 29 heavy (non-hydrogen) atoms. The van der Waals surface area contributed by atoms with E-state index in [-0.39, 0.29) is 18.3 Å². The standard InChI is InChI=1S/C21H25N5OS.ClH/c1-22-10-7-16-8-11-25(12-9-16)21(27)19-15-28-20(24-19)17-13-23-26(14-17)18-5-3-2-4-6-18;/h2-6,13-16,22H,7-12H2,1H3;1H. The number of nitrogens with zero attached hydrogens (tertiary/aromatic N) is 4. The molecule has 1 fully saturated rings. The second-order valence-electron chi connectivity index (χ2n) is 7.17. The topological polar surface area (TPSA) is 63.1 Å². The van der Waals surface area contributed by atoms with Crippen molar-refractivity contribution < 1.29 is 4.79 Å². The molecule has 1 saturated heterocycles. The molecule has 1 amide bonds. The lowest BCUT2D eigenvalue weighted by atomic mass is 9.93. The Labute approximate surface area is 181 Å². The summed E-state index contributed by atoms with van der Waals surface area (Å²) < 4.78 is 1.83. The number of carbonyl (C=O) groups is 1. The zero-order chi connectivity index (χ0) is 19.3. The Morgan fingerprint density at radius 1 is 1.24 bits per heavy atom. The van der Waals surface area contributed by atoms with Crippen LogP contribution in [0.15, 0.2) is 48.1 Å². The number of piperidine rings is 1. The highest BCUT2D eigenvalue weighted by molar-refractivity contribution is 7.13. The molecule has 0 bridgehead atoms. The molecule has 3 heterocycles. The van der Waals surface area contributed by atoms with Crippen molar-refractivity contribution >= 4 is 29.7 Å². The van der Waals surface area contributed by atoms with E-state index in [1.807, 2.05) is 58.5 Å². The lowest BCUT2D eigenvalue weighted by Gasteiger charge is -2.31. The van der Waals surface area contributed by atoms with Gasteiger partial charge in [0.25, 0.3) is 5.91 Å². The van der Waals surface area contributed by atoms with Crippen molar-refractivity contribution in [1.82, 2.24) is 25.0 Å². The second-order valence-corrected chi connectivity index (χ2v) is 8.03. The molecule has 2 aromatic heterocycles. The summed E-state index contributed by atoms with van der Waals surface area (Å²) in [6.45, 7) is 2.70. The third-order valence-corrected chi connectivity index (χ3v) is 6.17. The SMILES string of the molecule is CNCCC1CCN(C(=O)c2csc(-c3cnn(-c4ccccc4)c3)n2)CC1.Cl. The van der Waals surface area contributed by atoms with Crippen LogP contribution < -0.4 is 5.32 Å². The van der Waals surface area contributed by atoms with Crippen molar-refractivity contribution in [3.63, 3.8) is 0 Å². The van der Waals surface area contributed by atoms with E-state index in [4.69, 9.17) is 0 Å². The summed E-state index contributed by atoms with van der Waals surface area (Å²) >= 11 is 1.49. The summed E-state index contributed by atoms with van der Waals surface area (Å²) in [6.07, 6.45) is 7.09. The Morgan fingerprint density at radius 2 is 2.00 bits per heavy atom. The van der Waals surface area contributed by atoms with Crippen LogP contribution in [-0.4, -0.2) is 52.3 Å². The van der Waals surface area contributed by atoms with Gasteiger partial charge >= 0.3 is 0 Å². The number of hydrogen-bond donors (Lipinski definition) is 1. The van der Waals surface area contributed by atoms with E-state index in [1.165, 1.54) is 17.8 Å². The quantitative estimate of drug-likeness (QED) is 0.643. The van der Waals surface area contributed by atoms with Crippen LogP contribution in [0.2, 0.25) is 0 Å². The van der Waals surface area contributed by atoms with Gasteiger partial charge in [0.2, 0.25) is 0 Å². The molecule has 0 aliphatic carbocycles. The van der Waals surface area contributed by atoms with E-state index in [2.05, 4.69) is 15.4 Å². The molecule has 6 nitrogen and oxygen atoms in total. The summed E-state index contributed by atoms with van der Waals surface area (Å²) in [7, 11) is 1.99. The Bertz CT molecular complexity index is 918. The zero-order valence-corrected chi connectivity index (χ0v) is 18.1. The molecule has 1 aliphatic rings. The molecule has 4 rings (SSSR count). The maximum absolute atomic E-state index is 12.8. The fourth-order valence-electron chi connectivity index (χ4n) is 3.59. The normalized spacial score (nSPS) is 14.6. The largest absolute Gasteiger partial charge is 0.337 e. The van der Waals surface area contributed by atoms with Crippen molar-refractivity contribution in [2.24, 2.45) is 5.92 Å². The van der Waals surface area contributed by atoms with Gasteiger partial charge in [0.15, 0.2) is 0 Å². The number of halogens is 1. The van der Waals surface area contributed by atoms with E-state index in [0.717, 1.165) is 48.7 Å². The number of nitrogens with one attached hydrogen (secondary N) is 1. The van der Waals surface area contributed by atoms with Gasteiger partial charge in [-0.3, -0.25) is 4.79 Å². The van der Waals surface area contributed by atoms with E-state index in [1.54, 1.807) is 6.20 Å². The minimum atomic E-state index is 0. The van der Waals surface area contributed by atoms with Crippen LogP contribution in [0.1, 0.15) is 29.8 Å². The summed E-state index contributed by atoms with van der Waals surface area (Å²) in [4.78, 5) is 19.4. The summed E-state index contributed by atoms with van der Waals surface area (Å²) in [5, 5.41) is 10.3.